The van der Waals surface area contributed by atoms with Gasteiger partial charge in [-0.2, -0.15) is 13.2 Å². The number of nitrogens with one attached hydrogen (secondary N) is 1. The minimum Gasteiger partial charge on any atom is -0.373 e. The summed E-state index contributed by atoms with van der Waals surface area (Å²) in [7, 11) is -3.71. The molecule has 0 fully saturated rings. The molecule has 0 bridgehead atoms. The van der Waals surface area contributed by atoms with Crippen molar-refractivity contribution < 1.29 is 31.5 Å². The lowest BCUT2D eigenvalue weighted by Gasteiger charge is -2.25. The van der Waals surface area contributed by atoms with Gasteiger partial charge in [0.05, 0.1) is 20.6 Å². The van der Waals surface area contributed by atoms with E-state index < -0.39 is 37.6 Å². The summed E-state index contributed by atoms with van der Waals surface area (Å²) in [6.45, 7) is 0.267. The number of rotatable bonds is 3. The molecule has 124 valence electrons. The van der Waals surface area contributed by atoms with E-state index in [4.69, 9.17) is 23.2 Å². The Labute approximate surface area is 133 Å². The number of alkyl halides is 3. The molecule has 1 aromatic carbocycles. The maximum Gasteiger partial charge on any atom is 0.426 e. The zero-order chi connectivity index (χ0) is 17.5. The number of benzene rings is 1. The third-order valence-corrected chi connectivity index (χ3v) is 4.82. The Bertz CT molecular complexity index is 717. The first-order valence-corrected chi connectivity index (χ1v) is 8.13. The Kier molecular flexibility index (Phi) is 5.08. The van der Waals surface area contributed by atoms with E-state index in [0.29, 0.717) is 0 Å². The molecule has 0 aromatic heterocycles. The Hall–Kier alpha value is -1.03. The lowest BCUT2D eigenvalue weighted by atomic mass is 10.1. The molecule has 0 saturated heterocycles. The van der Waals surface area contributed by atoms with Crippen molar-refractivity contribution in [2.24, 2.45) is 0 Å². The first kappa shape index (κ1) is 19.0. The van der Waals surface area contributed by atoms with Crippen molar-refractivity contribution in [1.29, 1.82) is 0 Å². The van der Waals surface area contributed by atoms with Gasteiger partial charge in [-0.3, -0.25) is 4.79 Å². The standard InChI is InChI=1S/C11H10Cl2F3NO4S/c1-10(19,11(14,15)16)9(18)17-5-3-4-6(22(2,20)21)8(13)7(5)12/h3-4,19H,1-2H3,(H,17,18)/t10-/m1/s1. The van der Waals surface area contributed by atoms with Crippen molar-refractivity contribution in [1.82, 2.24) is 0 Å². The molecule has 0 spiro atoms. The van der Waals surface area contributed by atoms with Gasteiger partial charge in [-0.1, -0.05) is 23.2 Å². The number of halogens is 5. The first-order valence-electron chi connectivity index (χ1n) is 5.48. The first-order chi connectivity index (χ1) is 9.69. The number of carbonyl (C=O) groups is 1. The molecule has 1 atom stereocenters. The van der Waals surface area contributed by atoms with E-state index in [1.165, 1.54) is 0 Å². The van der Waals surface area contributed by atoms with Gasteiger partial charge >= 0.3 is 6.18 Å². The largest absolute Gasteiger partial charge is 0.426 e. The second kappa shape index (κ2) is 5.88. The van der Waals surface area contributed by atoms with E-state index in [2.05, 4.69) is 0 Å². The van der Waals surface area contributed by atoms with Crippen LogP contribution in [0.1, 0.15) is 6.92 Å². The van der Waals surface area contributed by atoms with Crippen LogP contribution in [0.4, 0.5) is 18.9 Å². The van der Waals surface area contributed by atoms with E-state index in [-0.39, 0.29) is 17.5 Å². The molecule has 1 rings (SSSR count). The monoisotopic (exact) mass is 379 g/mol. The van der Waals surface area contributed by atoms with E-state index in [1.54, 1.807) is 5.32 Å². The van der Waals surface area contributed by atoms with Crippen molar-refractivity contribution in [3.8, 4) is 0 Å². The summed E-state index contributed by atoms with van der Waals surface area (Å²) in [4.78, 5) is 11.2. The fourth-order valence-corrected chi connectivity index (χ4v) is 2.88. The van der Waals surface area contributed by atoms with Crippen LogP contribution in [-0.4, -0.2) is 37.5 Å². The summed E-state index contributed by atoms with van der Waals surface area (Å²) in [5.41, 5.74) is -4.02. The molecule has 0 unspecified atom stereocenters. The Morgan fingerprint density at radius 1 is 1.23 bits per heavy atom. The molecule has 22 heavy (non-hydrogen) atoms. The summed E-state index contributed by atoms with van der Waals surface area (Å²) in [6, 6.07) is 1.94. The average molecular weight is 380 g/mol. The number of hydrogen-bond donors (Lipinski definition) is 2. The maximum atomic E-state index is 12.5. The molecule has 1 aromatic rings. The van der Waals surface area contributed by atoms with Crippen LogP contribution in [0.5, 0.6) is 0 Å². The Balaban J connectivity index is 3.22. The van der Waals surface area contributed by atoms with Crippen molar-refractivity contribution in [2.75, 3.05) is 11.6 Å². The second-order valence-corrected chi connectivity index (χ2v) is 7.28. The smallest absolute Gasteiger partial charge is 0.373 e. The fourth-order valence-electron chi connectivity index (χ4n) is 1.29. The number of hydrogen-bond acceptors (Lipinski definition) is 4. The van der Waals surface area contributed by atoms with Crippen LogP contribution >= 0.6 is 23.2 Å². The summed E-state index contributed by atoms with van der Waals surface area (Å²) < 4.78 is 60.4. The number of anilines is 1. The van der Waals surface area contributed by atoms with Gasteiger partial charge in [0.25, 0.3) is 5.91 Å². The van der Waals surface area contributed by atoms with Crippen molar-refractivity contribution in [3.05, 3.63) is 22.2 Å². The van der Waals surface area contributed by atoms with Crippen molar-refractivity contribution in [2.45, 2.75) is 23.6 Å². The number of aliphatic hydroxyl groups is 1. The van der Waals surface area contributed by atoms with Gasteiger partial charge in [0.2, 0.25) is 5.60 Å². The van der Waals surface area contributed by atoms with Crippen LogP contribution in [0.15, 0.2) is 17.0 Å². The van der Waals surface area contributed by atoms with E-state index in [1.807, 2.05) is 0 Å². The quantitative estimate of drug-likeness (QED) is 0.845. The van der Waals surface area contributed by atoms with E-state index in [0.717, 1.165) is 18.4 Å². The number of carbonyl (C=O) groups excluding carboxylic acids is 1. The van der Waals surface area contributed by atoms with Crippen LogP contribution in [0.25, 0.3) is 0 Å². The molecule has 0 aliphatic heterocycles. The van der Waals surface area contributed by atoms with Crippen LogP contribution < -0.4 is 5.32 Å². The fraction of sp³-hybridized carbons (Fsp3) is 0.364. The Morgan fingerprint density at radius 3 is 2.14 bits per heavy atom. The topological polar surface area (TPSA) is 83.5 Å². The predicted octanol–water partition coefficient (Wildman–Crippen LogP) is 2.65. The third kappa shape index (κ3) is 3.65. The van der Waals surface area contributed by atoms with Gasteiger partial charge in [0.15, 0.2) is 9.84 Å². The lowest BCUT2D eigenvalue weighted by Crippen LogP contribution is -2.52. The molecule has 0 aliphatic rings. The van der Waals surface area contributed by atoms with Crippen LogP contribution in [0.3, 0.4) is 0 Å². The molecule has 1 amide bonds. The SMILES string of the molecule is C[C@@](O)(C(=O)Nc1ccc(S(C)(=O)=O)c(Cl)c1Cl)C(F)(F)F. The van der Waals surface area contributed by atoms with Gasteiger partial charge < -0.3 is 10.4 Å². The number of amides is 1. The van der Waals surface area contributed by atoms with Gasteiger partial charge in [-0.05, 0) is 19.1 Å². The maximum absolute atomic E-state index is 12.5. The zero-order valence-electron chi connectivity index (χ0n) is 11.1. The lowest BCUT2D eigenvalue weighted by molar-refractivity contribution is -0.242. The highest BCUT2D eigenvalue weighted by Gasteiger charge is 2.55. The summed E-state index contributed by atoms with van der Waals surface area (Å²) in [5.74, 6) is -1.79. The van der Waals surface area contributed by atoms with Gasteiger partial charge in [-0.25, -0.2) is 8.42 Å². The molecule has 0 aliphatic carbocycles. The summed E-state index contributed by atoms with van der Waals surface area (Å²) >= 11 is 11.5. The summed E-state index contributed by atoms with van der Waals surface area (Å²) in [5, 5.41) is 10.1. The van der Waals surface area contributed by atoms with Crippen LogP contribution in [-0.2, 0) is 14.6 Å². The van der Waals surface area contributed by atoms with E-state index in [9.17, 15) is 31.5 Å². The van der Waals surface area contributed by atoms with Gasteiger partial charge in [-0.15, -0.1) is 0 Å². The Morgan fingerprint density at radius 2 is 1.73 bits per heavy atom. The second-order valence-electron chi connectivity index (χ2n) is 4.54. The van der Waals surface area contributed by atoms with Gasteiger partial charge in [0.1, 0.15) is 0 Å². The molecule has 0 radical (unpaired) electrons. The molecular formula is C11H10Cl2F3NO4S. The predicted molar refractivity (Wildman–Crippen MR) is 74.9 cm³/mol. The molecule has 0 saturated carbocycles. The highest BCUT2D eigenvalue weighted by molar-refractivity contribution is 7.90. The highest BCUT2D eigenvalue weighted by Crippen LogP contribution is 2.37. The molecule has 0 heterocycles. The molecule has 11 heteroatoms. The van der Waals surface area contributed by atoms with Crippen LogP contribution in [0.2, 0.25) is 10.0 Å². The molecule has 5 nitrogen and oxygen atoms in total. The van der Waals surface area contributed by atoms with Crippen molar-refractivity contribution in [3.63, 3.8) is 0 Å². The van der Waals surface area contributed by atoms with Gasteiger partial charge in [0, 0.05) is 6.26 Å². The zero-order valence-corrected chi connectivity index (χ0v) is 13.5. The minimum atomic E-state index is -5.21. The number of sulfone groups is 1. The van der Waals surface area contributed by atoms with Crippen LogP contribution in [0, 0.1) is 0 Å². The molecule has 2 N–H and O–H groups in total. The van der Waals surface area contributed by atoms with Crippen molar-refractivity contribution >= 4 is 44.6 Å². The average Bonchev–Trinajstić information content (AvgIpc) is 2.31. The minimum absolute atomic E-state index is 0.267. The third-order valence-electron chi connectivity index (χ3n) is 2.69. The van der Waals surface area contributed by atoms with E-state index >= 15 is 0 Å². The normalized spacial score (nSPS) is 15.3. The molecular weight excluding hydrogens is 370 g/mol. The summed E-state index contributed by atoms with van der Waals surface area (Å²) in [6.07, 6.45) is -4.35. The highest BCUT2D eigenvalue weighted by atomic mass is 35.5.